The normalized spacial score (nSPS) is 10.8. The Morgan fingerprint density at radius 2 is 1.85 bits per heavy atom. The fourth-order valence-electron chi connectivity index (χ4n) is 3.35. The Labute approximate surface area is 190 Å². The van der Waals surface area contributed by atoms with Crippen molar-refractivity contribution in [2.24, 2.45) is 0 Å². The van der Waals surface area contributed by atoms with E-state index in [0.717, 1.165) is 16.7 Å². The van der Waals surface area contributed by atoms with Gasteiger partial charge in [-0.15, -0.1) is 0 Å². The molecule has 12 heteroatoms. The summed E-state index contributed by atoms with van der Waals surface area (Å²) in [5.74, 6) is -1.64. The summed E-state index contributed by atoms with van der Waals surface area (Å²) in [6.07, 6.45) is 0.0865. The molecule has 0 amide bonds. The van der Waals surface area contributed by atoms with Crippen LogP contribution in [0.2, 0.25) is 5.02 Å². The number of rotatable bonds is 5. The highest BCUT2D eigenvalue weighted by Gasteiger charge is 2.17. The third kappa shape index (κ3) is 4.24. The zero-order valence-corrected chi connectivity index (χ0v) is 17.6. The maximum absolute atomic E-state index is 13.9. The van der Waals surface area contributed by atoms with Crippen LogP contribution in [-0.4, -0.2) is 26.1 Å². The lowest BCUT2D eigenvalue weighted by Gasteiger charge is -2.15. The van der Waals surface area contributed by atoms with E-state index in [-0.39, 0.29) is 63.6 Å². The summed E-state index contributed by atoms with van der Waals surface area (Å²) in [4.78, 5) is 25.4. The number of nitriles is 1. The Bertz CT molecular complexity index is 1480. The molecule has 0 saturated heterocycles. The highest BCUT2D eigenvalue weighted by atomic mass is 35.5. The number of hydrogen-bond donors (Lipinski definition) is 3. The molecule has 5 N–H and O–H groups in total. The van der Waals surface area contributed by atoms with E-state index in [0.29, 0.717) is 6.07 Å². The smallest absolute Gasteiger partial charge is 0.266 e. The van der Waals surface area contributed by atoms with E-state index >= 15 is 0 Å². The molecule has 0 radical (unpaired) electrons. The molecular weight excluding hydrogens is 454 g/mol. The number of para-hydroxylation sites is 1. The van der Waals surface area contributed by atoms with E-state index in [9.17, 15) is 18.8 Å². The van der Waals surface area contributed by atoms with Crippen LogP contribution in [-0.2, 0) is 6.42 Å². The van der Waals surface area contributed by atoms with Crippen LogP contribution in [0.4, 0.5) is 26.4 Å². The van der Waals surface area contributed by atoms with Crippen molar-refractivity contribution < 1.29 is 8.78 Å². The molecule has 0 atom stereocenters. The maximum Gasteiger partial charge on any atom is 0.266 e. The van der Waals surface area contributed by atoms with E-state index in [1.807, 2.05) is 6.07 Å². The molecule has 0 aliphatic carbocycles. The molecule has 0 aliphatic heterocycles. The molecule has 0 fully saturated rings. The van der Waals surface area contributed by atoms with Gasteiger partial charge in [0, 0.05) is 19.0 Å². The second-order valence-corrected chi connectivity index (χ2v) is 7.32. The number of hydrogen-bond acceptors (Lipinski definition) is 8. The highest BCUT2D eigenvalue weighted by molar-refractivity contribution is 6.34. The molecule has 33 heavy (non-hydrogen) atoms. The number of aromatic nitrogens is 4. The van der Waals surface area contributed by atoms with Crippen molar-refractivity contribution in [2.45, 2.75) is 6.42 Å². The van der Waals surface area contributed by atoms with Gasteiger partial charge in [0.2, 0.25) is 5.95 Å². The van der Waals surface area contributed by atoms with Crippen LogP contribution < -0.4 is 22.3 Å². The van der Waals surface area contributed by atoms with Gasteiger partial charge in [-0.3, -0.25) is 9.36 Å². The molecule has 2 aromatic carbocycles. The summed E-state index contributed by atoms with van der Waals surface area (Å²) in [6, 6.07) is 9.33. The van der Waals surface area contributed by atoms with Gasteiger partial charge in [-0.05, 0) is 24.3 Å². The molecule has 2 aromatic heterocycles. The zero-order valence-electron chi connectivity index (χ0n) is 16.8. The molecule has 0 aliphatic rings. The number of nitrogens with zero attached hydrogens (tertiary/aromatic N) is 5. The largest absolute Gasteiger partial charge is 0.382 e. The molecule has 0 saturated carbocycles. The molecule has 4 aromatic rings. The maximum atomic E-state index is 13.9. The Kier molecular flexibility index (Phi) is 5.76. The quantitative estimate of drug-likeness (QED) is 0.405. The fraction of sp³-hybridized carbons (Fsp3) is 0.0952. The summed E-state index contributed by atoms with van der Waals surface area (Å²) in [7, 11) is 0. The first-order valence-corrected chi connectivity index (χ1v) is 9.90. The molecule has 2 heterocycles. The van der Waals surface area contributed by atoms with E-state index < -0.39 is 17.2 Å². The lowest BCUT2D eigenvalue weighted by molar-refractivity contribution is 0.580. The predicted molar refractivity (Wildman–Crippen MR) is 120 cm³/mol. The van der Waals surface area contributed by atoms with E-state index in [4.69, 9.17) is 23.1 Å². The number of anilines is 3. The highest BCUT2D eigenvalue weighted by Crippen LogP contribution is 2.22. The number of fused-ring (bicyclic) bond motifs is 1. The van der Waals surface area contributed by atoms with Crippen LogP contribution in [0.15, 0.2) is 41.2 Å². The fourth-order valence-corrected chi connectivity index (χ4v) is 3.56. The molecule has 4 rings (SSSR count). The van der Waals surface area contributed by atoms with Gasteiger partial charge in [0.05, 0.1) is 21.6 Å². The lowest BCUT2D eigenvalue weighted by atomic mass is 10.2. The Hall–Kier alpha value is -4.30. The monoisotopic (exact) mass is 468 g/mol. The van der Waals surface area contributed by atoms with Crippen LogP contribution in [0.3, 0.4) is 0 Å². The van der Waals surface area contributed by atoms with Crippen molar-refractivity contribution in [2.75, 3.05) is 23.3 Å². The molecule has 0 bridgehead atoms. The van der Waals surface area contributed by atoms with Crippen molar-refractivity contribution in [3.05, 3.63) is 74.8 Å². The van der Waals surface area contributed by atoms with Gasteiger partial charge in [-0.25, -0.2) is 13.8 Å². The van der Waals surface area contributed by atoms with Crippen LogP contribution >= 0.6 is 11.6 Å². The first-order valence-electron chi connectivity index (χ1n) is 9.52. The second kappa shape index (κ2) is 8.68. The third-order valence-corrected chi connectivity index (χ3v) is 5.04. The minimum absolute atomic E-state index is 0.00306. The SMILES string of the molecule is N#Cc1c(N)nc(N)nc1NCCc1nc2c(Cl)cccc2c(=O)n1-c1cc(F)cc(F)c1. The van der Waals surface area contributed by atoms with Crippen molar-refractivity contribution >= 4 is 40.1 Å². The van der Waals surface area contributed by atoms with Gasteiger partial charge in [-0.1, -0.05) is 17.7 Å². The van der Waals surface area contributed by atoms with Crippen LogP contribution in [0, 0.1) is 23.0 Å². The van der Waals surface area contributed by atoms with Crippen molar-refractivity contribution in [3.63, 3.8) is 0 Å². The Morgan fingerprint density at radius 1 is 1.12 bits per heavy atom. The van der Waals surface area contributed by atoms with Gasteiger partial charge in [-0.2, -0.15) is 15.2 Å². The summed E-state index contributed by atoms with van der Waals surface area (Å²) in [5.41, 5.74) is 11.0. The van der Waals surface area contributed by atoms with Crippen LogP contribution in [0.25, 0.3) is 16.6 Å². The number of nitrogen functional groups attached to an aromatic ring is 2. The number of benzene rings is 2. The second-order valence-electron chi connectivity index (χ2n) is 6.91. The minimum Gasteiger partial charge on any atom is -0.382 e. The predicted octanol–water partition coefficient (Wildman–Crippen LogP) is 2.80. The average molecular weight is 469 g/mol. The van der Waals surface area contributed by atoms with E-state index in [1.54, 1.807) is 12.1 Å². The average Bonchev–Trinajstić information content (AvgIpc) is 2.73. The molecule has 9 nitrogen and oxygen atoms in total. The molecular formula is C21H15ClF2N8O. The molecule has 0 unspecified atom stereocenters. The van der Waals surface area contributed by atoms with Crippen LogP contribution in [0.5, 0.6) is 0 Å². The standard InChI is InChI=1S/C21H15ClF2N8O/c22-15-3-1-2-13-17(15)29-16(32(20(13)33)12-7-10(23)6-11(24)8-12)4-5-28-19-14(9-25)18(26)30-21(27)31-19/h1-3,6-8H,4-5H2,(H5,26,27,28,30,31). The van der Waals surface area contributed by atoms with Crippen molar-refractivity contribution in [1.29, 1.82) is 5.26 Å². The Morgan fingerprint density at radius 3 is 2.55 bits per heavy atom. The third-order valence-electron chi connectivity index (χ3n) is 4.73. The summed E-state index contributed by atoms with van der Waals surface area (Å²) >= 11 is 6.23. The van der Waals surface area contributed by atoms with E-state index in [1.165, 1.54) is 6.07 Å². The lowest BCUT2D eigenvalue weighted by Crippen LogP contribution is -2.26. The topological polar surface area (TPSA) is 149 Å². The van der Waals surface area contributed by atoms with Gasteiger partial charge >= 0.3 is 0 Å². The van der Waals surface area contributed by atoms with Gasteiger partial charge in [0.25, 0.3) is 5.56 Å². The minimum atomic E-state index is -0.849. The Balaban J connectivity index is 1.79. The van der Waals surface area contributed by atoms with Crippen molar-refractivity contribution in [1.82, 2.24) is 19.5 Å². The summed E-state index contributed by atoms with van der Waals surface area (Å²) in [5, 5.41) is 12.6. The molecule has 166 valence electrons. The summed E-state index contributed by atoms with van der Waals surface area (Å²) < 4.78 is 28.9. The first kappa shape index (κ1) is 21.9. The number of nitrogens with two attached hydrogens (primary N) is 2. The van der Waals surface area contributed by atoms with E-state index in [2.05, 4.69) is 20.3 Å². The summed E-state index contributed by atoms with van der Waals surface area (Å²) in [6.45, 7) is 0.116. The van der Waals surface area contributed by atoms with Gasteiger partial charge in [0.1, 0.15) is 34.9 Å². The molecule has 0 spiro atoms. The van der Waals surface area contributed by atoms with Gasteiger partial charge < -0.3 is 16.8 Å². The van der Waals surface area contributed by atoms with Crippen LogP contribution in [0.1, 0.15) is 11.4 Å². The zero-order chi connectivity index (χ0) is 23.7. The van der Waals surface area contributed by atoms with Crippen molar-refractivity contribution in [3.8, 4) is 11.8 Å². The number of nitrogens with one attached hydrogen (secondary N) is 1. The number of halogens is 3. The van der Waals surface area contributed by atoms with Gasteiger partial charge in [0.15, 0.2) is 5.82 Å². The first-order chi connectivity index (χ1) is 15.8.